The Kier molecular flexibility index (Phi) is 5.04. The van der Waals surface area contributed by atoms with Crippen molar-refractivity contribution in [1.29, 1.82) is 0 Å². The maximum Gasteiger partial charge on any atom is 0.220 e. The largest absolute Gasteiger partial charge is 0.508 e. The van der Waals surface area contributed by atoms with Crippen molar-refractivity contribution in [1.82, 2.24) is 0 Å². The number of hydrogen-bond donors (Lipinski definition) is 3. The number of rotatable bonds is 7. The lowest BCUT2D eigenvalue weighted by Gasteiger charge is -2.13. The molecule has 5 heteroatoms. The smallest absolute Gasteiger partial charge is 0.220 e. The molecule has 0 radical (unpaired) electrons. The van der Waals surface area contributed by atoms with Crippen molar-refractivity contribution >= 4 is 11.6 Å². The number of phenolic OH excluding ortho intramolecular Hbond substituents is 1. The summed E-state index contributed by atoms with van der Waals surface area (Å²) >= 11 is 0. The Morgan fingerprint density at radius 2 is 1.86 bits per heavy atom. The zero-order valence-corrected chi connectivity index (χ0v) is 11.6. The van der Waals surface area contributed by atoms with Gasteiger partial charge in [-0.2, -0.15) is 0 Å². The van der Waals surface area contributed by atoms with Gasteiger partial charge in [-0.1, -0.05) is 24.3 Å². The third-order valence-corrected chi connectivity index (χ3v) is 2.91. The number of phenols is 1. The molecule has 0 atom stereocenters. The number of carbonyl (C=O) groups is 1. The van der Waals surface area contributed by atoms with E-state index < -0.39 is 0 Å². The maximum absolute atomic E-state index is 10.7. The Hall–Kier alpha value is -2.69. The molecule has 0 aliphatic carbocycles. The van der Waals surface area contributed by atoms with Crippen LogP contribution in [0.5, 0.6) is 11.5 Å². The topological polar surface area (TPSA) is 84.6 Å². The average Bonchev–Trinajstić information content (AvgIpc) is 2.47. The molecule has 2 aromatic rings. The lowest BCUT2D eigenvalue weighted by molar-refractivity contribution is -0.118. The third kappa shape index (κ3) is 4.72. The molecule has 0 aromatic heterocycles. The van der Waals surface area contributed by atoms with E-state index in [0.29, 0.717) is 12.3 Å². The van der Waals surface area contributed by atoms with Gasteiger partial charge in [-0.05, 0) is 29.8 Å². The van der Waals surface area contributed by atoms with Crippen LogP contribution < -0.4 is 15.8 Å². The summed E-state index contributed by atoms with van der Waals surface area (Å²) in [6.07, 6.45) is 0.187. The van der Waals surface area contributed by atoms with Crippen LogP contribution in [-0.2, 0) is 11.3 Å². The molecule has 0 unspecified atom stereocenters. The molecule has 0 bridgehead atoms. The van der Waals surface area contributed by atoms with Crippen LogP contribution in [0.2, 0.25) is 0 Å². The Labute approximate surface area is 123 Å². The van der Waals surface area contributed by atoms with E-state index >= 15 is 0 Å². The highest BCUT2D eigenvalue weighted by Crippen LogP contribution is 2.24. The fraction of sp³-hybridized carbons (Fsp3) is 0.188. The van der Waals surface area contributed by atoms with E-state index in [1.165, 1.54) is 0 Å². The van der Waals surface area contributed by atoms with Crippen LogP contribution in [0.25, 0.3) is 0 Å². The summed E-state index contributed by atoms with van der Waals surface area (Å²) in [6.45, 7) is 0.865. The Bertz CT molecular complexity index is 597. The summed E-state index contributed by atoms with van der Waals surface area (Å²) in [5.41, 5.74) is 6.97. The zero-order chi connectivity index (χ0) is 15.1. The van der Waals surface area contributed by atoms with Crippen molar-refractivity contribution in [2.45, 2.75) is 13.0 Å². The highest BCUT2D eigenvalue weighted by Gasteiger charge is 2.04. The van der Waals surface area contributed by atoms with Gasteiger partial charge in [-0.3, -0.25) is 4.79 Å². The molecule has 5 nitrogen and oxygen atoms in total. The molecule has 4 N–H and O–H groups in total. The second kappa shape index (κ2) is 7.19. The van der Waals surface area contributed by atoms with Crippen LogP contribution in [0.1, 0.15) is 12.0 Å². The normalized spacial score (nSPS) is 10.1. The van der Waals surface area contributed by atoms with Gasteiger partial charge >= 0.3 is 0 Å². The summed E-state index contributed by atoms with van der Waals surface area (Å²) in [5, 5.41) is 12.5. The number of para-hydroxylation sites is 2. The van der Waals surface area contributed by atoms with E-state index in [9.17, 15) is 9.90 Å². The van der Waals surface area contributed by atoms with E-state index in [0.717, 1.165) is 11.3 Å². The summed E-state index contributed by atoms with van der Waals surface area (Å²) < 4.78 is 5.55. The molecule has 0 saturated heterocycles. The van der Waals surface area contributed by atoms with Crippen molar-refractivity contribution in [3.63, 3.8) is 0 Å². The van der Waals surface area contributed by atoms with Crippen molar-refractivity contribution in [3.8, 4) is 11.5 Å². The summed E-state index contributed by atoms with van der Waals surface area (Å²) in [5.74, 6) is 0.538. The van der Waals surface area contributed by atoms with E-state index in [1.807, 2.05) is 36.4 Å². The molecular weight excluding hydrogens is 268 g/mol. The van der Waals surface area contributed by atoms with Gasteiger partial charge in [0.25, 0.3) is 0 Å². The molecule has 0 heterocycles. The molecular formula is C16H18N2O3. The van der Waals surface area contributed by atoms with Crippen molar-refractivity contribution in [2.24, 2.45) is 5.73 Å². The number of nitrogens with two attached hydrogens (primary N) is 1. The van der Waals surface area contributed by atoms with Gasteiger partial charge < -0.3 is 20.9 Å². The monoisotopic (exact) mass is 286 g/mol. The number of hydrogen-bond acceptors (Lipinski definition) is 4. The summed E-state index contributed by atoms with van der Waals surface area (Å²) in [7, 11) is 0. The van der Waals surface area contributed by atoms with E-state index in [4.69, 9.17) is 10.5 Å². The second-order valence-electron chi connectivity index (χ2n) is 4.58. The number of primary amides is 1. The molecule has 21 heavy (non-hydrogen) atoms. The molecule has 0 aliphatic heterocycles. The number of benzene rings is 2. The van der Waals surface area contributed by atoms with Gasteiger partial charge in [-0.25, -0.2) is 0 Å². The first-order chi connectivity index (χ1) is 10.1. The predicted octanol–water partition coefficient (Wildman–Crippen LogP) is 2.26. The minimum absolute atomic E-state index is 0.187. The van der Waals surface area contributed by atoms with Gasteiger partial charge in [0.2, 0.25) is 5.91 Å². The number of ether oxygens (including phenoxy) is 1. The number of nitrogens with one attached hydrogen (secondary N) is 1. The fourth-order valence-electron chi connectivity index (χ4n) is 1.81. The summed E-state index contributed by atoms with van der Waals surface area (Å²) in [4.78, 5) is 10.7. The number of amides is 1. The van der Waals surface area contributed by atoms with E-state index in [-0.39, 0.29) is 24.7 Å². The number of anilines is 1. The zero-order valence-electron chi connectivity index (χ0n) is 11.6. The lowest BCUT2D eigenvalue weighted by Crippen LogP contribution is -2.15. The van der Waals surface area contributed by atoms with Crippen molar-refractivity contribution in [3.05, 3.63) is 54.1 Å². The number of carbonyl (C=O) groups excluding carboxylic acids is 1. The van der Waals surface area contributed by atoms with E-state index in [1.54, 1.807) is 12.1 Å². The molecule has 0 spiro atoms. The van der Waals surface area contributed by atoms with Crippen molar-refractivity contribution in [2.75, 3.05) is 11.9 Å². The molecule has 0 saturated carbocycles. The molecule has 1 amide bonds. The minimum atomic E-state index is -0.385. The first kappa shape index (κ1) is 14.7. The van der Waals surface area contributed by atoms with Crippen LogP contribution >= 0.6 is 0 Å². The Morgan fingerprint density at radius 1 is 1.14 bits per heavy atom. The molecule has 0 aliphatic rings. The first-order valence-electron chi connectivity index (χ1n) is 6.67. The summed E-state index contributed by atoms with van der Waals surface area (Å²) in [6, 6.07) is 14.5. The van der Waals surface area contributed by atoms with Gasteiger partial charge in [0.15, 0.2) is 0 Å². The lowest BCUT2D eigenvalue weighted by atomic mass is 10.2. The molecule has 2 rings (SSSR count). The second-order valence-corrected chi connectivity index (χ2v) is 4.58. The van der Waals surface area contributed by atoms with Gasteiger partial charge in [-0.15, -0.1) is 0 Å². The maximum atomic E-state index is 10.7. The van der Waals surface area contributed by atoms with Crippen molar-refractivity contribution < 1.29 is 14.6 Å². The van der Waals surface area contributed by atoms with Crippen LogP contribution in [0.3, 0.4) is 0 Å². The highest BCUT2D eigenvalue weighted by atomic mass is 16.5. The van der Waals surface area contributed by atoms with Crippen LogP contribution in [0.4, 0.5) is 5.69 Å². The third-order valence-electron chi connectivity index (χ3n) is 2.91. The predicted molar refractivity (Wildman–Crippen MR) is 81.2 cm³/mol. The fourth-order valence-corrected chi connectivity index (χ4v) is 1.81. The first-order valence-corrected chi connectivity index (χ1v) is 6.67. The van der Waals surface area contributed by atoms with Gasteiger partial charge in [0.05, 0.1) is 18.7 Å². The molecule has 2 aromatic carbocycles. The minimum Gasteiger partial charge on any atom is -0.508 e. The number of aromatic hydroxyl groups is 1. The quantitative estimate of drug-likeness (QED) is 0.729. The van der Waals surface area contributed by atoms with Crippen LogP contribution in [-0.4, -0.2) is 17.6 Å². The Balaban J connectivity index is 1.96. The van der Waals surface area contributed by atoms with Gasteiger partial charge in [0.1, 0.15) is 11.5 Å². The van der Waals surface area contributed by atoms with E-state index in [2.05, 4.69) is 5.32 Å². The SMILES string of the molecule is NC(=O)CCOc1ccccc1NCc1ccc(O)cc1. The van der Waals surface area contributed by atoms with Gasteiger partial charge in [0, 0.05) is 6.54 Å². The van der Waals surface area contributed by atoms with Crippen LogP contribution in [0.15, 0.2) is 48.5 Å². The standard InChI is InChI=1S/C16H18N2O3/c17-16(20)9-10-21-15-4-2-1-3-14(15)18-11-12-5-7-13(19)8-6-12/h1-8,18-19H,9-11H2,(H2,17,20). The Morgan fingerprint density at radius 3 is 2.57 bits per heavy atom. The average molecular weight is 286 g/mol. The molecule has 110 valence electrons. The highest BCUT2D eigenvalue weighted by molar-refractivity contribution is 5.73. The van der Waals surface area contributed by atoms with Crippen LogP contribution in [0, 0.1) is 0 Å². The molecule has 0 fully saturated rings.